The zero-order valence-electron chi connectivity index (χ0n) is 13.2. The van der Waals surface area contributed by atoms with Gasteiger partial charge < -0.3 is 10.0 Å². The summed E-state index contributed by atoms with van der Waals surface area (Å²) in [5.74, 6) is 0.787. The number of nitrogens with zero attached hydrogens (tertiary/aromatic N) is 4. The van der Waals surface area contributed by atoms with E-state index in [-0.39, 0.29) is 11.7 Å². The summed E-state index contributed by atoms with van der Waals surface area (Å²) in [7, 11) is 0. The highest BCUT2D eigenvalue weighted by molar-refractivity contribution is 5.95. The molecule has 1 aliphatic rings. The lowest BCUT2D eigenvalue weighted by Crippen LogP contribution is -2.29. The van der Waals surface area contributed by atoms with Crippen molar-refractivity contribution < 1.29 is 9.90 Å². The van der Waals surface area contributed by atoms with E-state index in [2.05, 4.69) is 10.1 Å². The van der Waals surface area contributed by atoms with Crippen LogP contribution in [-0.2, 0) is 6.42 Å². The van der Waals surface area contributed by atoms with Crippen LogP contribution in [0.4, 0.5) is 0 Å². The highest BCUT2D eigenvalue weighted by atomic mass is 16.3. The fourth-order valence-electron chi connectivity index (χ4n) is 3.28. The van der Waals surface area contributed by atoms with Crippen LogP contribution < -0.4 is 0 Å². The molecule has 122 valence electrons. The molecule has 3 aromatic rings. The summed E-state index contributed by atoms with van der Waals surface area (Å²) in [5, 5.41) is 13.4. The Morgan fingerprint density at radius 2 is 2.08 bits per heavy atom. The first-order valence-electron chi connectivity index (χ1n) is 8.05. The second-order valence-electron chi connectivity index (χ2n) is 6.25. The molecule has 6 heteroatoms. The third-order valence-electron chi connectivity index (χ3n) is 4.56. The second kappa shape index (κ2) is 5.96. The largest absolute Gasteiger partial charge is 0.508 e. The molecule has 6 nitrogen and oxygen atoms in total. The molecular formula is C18H18N4O2. The van der Waals surface area contributed by atoms with E-state index in [4.69, 9.17) is 0 Å². The van der Waals surface area contributed by atoms with E-state index < -0.39 is 0 Å². The quantitative estimate of drug-likeness (QED) is 0.802. The highest BCUT2D eigenvalue weighted by Crippen LogP contribution is 2.23. The van der Waals surface area contributed by atoms with Crippen molar-refractivity contribution in [2.75, 3.05) is 13.1 Å². The van der Waals surface area contributed by atoms with E-state index in [0.29, 0.717) is 17.1 Å². The van der Waals surface area contributed by atoms with Crippen molar-refractivity contribution in [3.05, 3.63) is 60.0 Å². The van der Waals surface area contributed by atoms with Gasteiger partial charge in [0.25, 0.3) is 5.91 Å². The molecule has 1 amide bonds. The van der Waals surface area contributed by atoms with Gasteiger partial charge in [-0.2, -0.15) is 5.10 Å². The summed E-state index contributed by atoms with van der Waals surface area (Å²) in [5.41, 5.74) is 2.53. The molecule has 24 heavy (non-hydrogen) atoms. The fraction of sp³-hybridized carbons (Fsp3) is 0.278. The van der Waals surface area contributed by atoms with Crippen LogP contribution in [0.3, 0.4) is 0 Å². The summed E-state index contributed by atoms with van der Waals surface area (Å²) >= 11 is 0. The third-order valence-corrected chi connectivity index (χ3v) is 4.56. The standard InChI is InChI=1S/C18H18N4O2/c23-16-3-1-13(2-4-16)9-14-5-7-21(11-14)18(24)15-6-8-22-17(10-15)19-12-20-22/h1-4,6,8,10,12,14,23H,5,7,9,11H2. The lowest BCUT2D eigenvalue weighted by molar-refractivity contribution is 0.0787. The number of aromatic nitrogens is 3. The zero-order chi connectivity index (χ0) is 16.5. The highest BCUT2D eigenvalue weighted by Gasteiger charge is 2.27. The van der Waals surface area contributed by atoms with Gasteiger partial charge in [-0.25, -0.2) is 9.50 Å². The van der Waals surface area contributed by atoms with Crippen LogP contribution in [0.1, 0.15) is 22.3 Å². The summed E-state index contributed by atoms with van der Waals surface area (Å²) in [4.78, 5) is 18.7. The van der Waals surface area contributed by atoms with Gasteiger partial charge in [0.15, 0.2) is 5.65 Å². The zero-order valence-corrected chi connectivity index (χ0v) is 13.2. The number of rotatable bonds is 3. The van der Waals surface area contributed by atoms with Crippen molar-refractivity contribution in [1.82, 2.24) is 19.5 Å². The summed E-state index contributed by atoms with van der Waals surface area (Å²) in [6, 6.07) is 10.9. The third kappa shape index (κ3) is 2.82. The molecule has 1 fully saturated rings. The van der Waals surface area contributed by atoms with Gasteiger partial charge >= 0.3 is 0 Å². The number of likely N-dealkylation sites (tertiary alicyclic amines) is 1. The number of phenolic OH excluding ortho intramolecular Hbond substituents is 1. The van der Waals surface area contributed by atoms with Crippen molar-refractivity contribution in [1.29, 1.82) is 0 Å². The number of carbonyl (C=O) groups excluding carboxylic acids is 1. The Bertz CT molecular complexity index is 872. The van der Waals surface area contributed by atoms with Gasteiger partial charge in [-0.3, -0.25) is 4.79 Å². The molecule has 1 N–H and O–H groups in total. The second-order valence-corrected chi connectivity index (χ2v) is 6.25. The number of amides is 1. The van der Waals surface area contributed by atoms with Crippen LogP contribution in [-0.4, -0.2) is 43.6 Å². The monoisotopic (exact) mass is 322 g/mol. The summed E-state index contributed by atoms with van der Waals surface area (Å²) in [6.45, 7) is 1.54. The van der Waals surface area contributed by atoms with E-state index in [1.165, 1.54) is 11.9 Å². The minimum atomic E-state index is 0.0497. The van der Waals surface area contributed by atoms with Crippen LogP contribution in [0.25, 0.3) is 5.65 Å². The van der Waals surface area contributed by atoms with Crippen LogP contribution >= 0.6 is 0 Å². The van der Waals surface area contributed by atoms with Crippen LogP contribution in [0.2, 0.25) is 0 Å². The Morgan fingerprint density at radius 1 is 1.25 bits per heavy atom. The summed E-state index contributed by atoms with van der Waals surface area (Å²) < 4.78 is 1.65. The van der Waals surface area contributed by atoms with Crippen LogP contribution in [0, 0.1) is 5.92 Å². The van der Waals surface area contributed by atoms with Crippen LogP contribution in [0.15, 0.2) is 48.9 Å². The Morgan fingerprint density at radius 3 is 2.92 bits per heavy atom. The minimum absolute atomic E-state index is 0.0497. The number of aromatic hydroxyl groups is 1. The van der Waals surface area contributed by atoms with E-state index in [1.54, 1.807) is 35.0 Å². The molecule has 1 saturated heterocycles. The van der Waals surface area contributed by atoms with Crippen molar-refractivity contribution >= 4 is 11.6 Å². The lowest BCUT2D eigenvalue weighted by Gasteiger charge is -2.16. The number of fused-ring (bicyclic) bond motifs is 1. The number of benzene rings is 1. The number of pyridine rings is 1. The van der Waals surface area contributed by atoms with Gasteiger partial charge in [-0.1, -0.05) is 12.1 Å². The van der Waals surface area contributed by atoms with Gasteiger partial charge in [0.1, 0.15) is 12.1 Å². The van der Waals surface area contributed by atoms with Gasteiger partial charge in [0.05, 0.1) is 0 Å². The van der Waals surface area contributed by atoms with Crippen molar-refractivity contribution in [3.63, 3.8) is 0 Å². The average molecular weight is 322 g/mol. The average Bonchev–Trinajstić information content (AvgIpc) is 3.24. The smallest absolute Gasteiger partial charge is 0.254 e. The maximum absolute atomic E-state index is 12.7. The molecular weight excluding hydrogens is 304 g/mol. The molecule has 1 aromatic carbocycles. The number of hydrogen-bond donors (Lipinski definition) is 1. The number of hydrogen-bond acceptors (Lipinski definition) is 4. The first-order valence-corrected chi connectivity index (χ1v) is 8.05. The van der Waals surface area contributed by atoms with E-state index in [1.807, 2.05) is 17.0 Å². The molecule has 0 saturated carbocycles. The number of phenols is 1. The van der Waals surface area contributed by atoms with E-state index in [0.717, 1.165) is 25.9 Å². The first kappa shape index (κ1) is 14.7. The number of carbonyl (C=O) groups is 1. The maximum Gasteiger partial charge on any atom is 0.254 e. The SMILES string of the molecule is O=C(c1ccn2ncnc2c1)N1CCC(Cc2ccc(O)cc2)C1. The molecule has 2 aromatic heterocycles. The normalized spacial score (nSPS) is 17.5. The molecule has 0 radical (unpaired) electrons. The maximum atomic E-state index is 12.7. The molecule has 1 unspecified atom stereocenters. The van der Waals surface area contributed by atoms with Crippen LogP contribution in [0.5, 0.6) is 5.75 Å². The molecule has 0 bridgehead atoms. The van der Waals surface area contributed by atoms with Crippen molar-refractivity contribution in [2.24, 2.45) is 5.92 Å². The molecule has 4 rings (SSSR count). The predicted octanol–water partition coefficient (Wildman–Crippen LogP) is 2.14. The Hall–Kier alpha value is -2.89. The molecule has 3 heterocycles. The predicted molar refractivity (Wildman–Crippen MR) is 88.8 cm³/mol. The van der Waals surface area contributed by atoms with Gasteiger partial charge in [0, 0.05) is 24.8 Å². The molecule has 0 spiro atoms. The Labute approximate surface area is 139 Å². The minimum Gasteiger partial charge on any atom is -0.508 e. The lowest BCUT2D eigenvalue weighted by atomic mass is 9.99. The van der Waals surface area contributed by atoms with E-state index >= 15 is 0 Å². The Kier molecular flexibility index (Phi) is 3.65. The first-order chi connectivity index (χ1) is 11.7. The summed E-state index contributed by atoms with van der Waals surface area (Å²) in [6.07, 6.45) is 5.17. The van der Waals surface area contributed by atoms with Gasteiger partial charge in [-0.15, -0.1) is 0 Å². The topological polar surface area (TPSA) is 70.7 Å². The molecule has 1 aliphatic heterocycles. The van der Waals surface area contributed by atoms with E-state index in [9.17, 15) is 9.90 Å². The molecule has 1 atom stereocenters. The van der Waals surface area contributed by atoms with Crippen molar-refractivity contribution in [3.8, 4) is 5.75 Å². The molecule has 0 aliphatic carbocycles. The van der Waals surface area contributed by atoms with Gasteiger partial charge in [-0.05, 0) is 48.6 Å². The fourth-order valence-corrected chi connectivity index (χ4v) is 3.28. The Balaban J connectivity index is 1.43. The van der Waals surface area contributed by atoms with Gasteiger partial charge in [0.2, 0.25) is 0 Å². The van der Waals surface area contributed by atoms with Crippen molar-refractivity contribution in [2.45, 2.75) is 12.8 Å².